The summed E-state index contributed by atoms with van der Waals surface area (Å²) in [5, 5.41) is 6.90. The van der Waals surface area contributed by atoms with E-state index in [-0.39, 0.29) is 6.04 Å². The average Bonchev–Trinajstić information content (AvgIpc) is 2.91. The minimum absolute atomic E-state index is 0.272. The molecule has 1 unspecified atom stereocenters. The molecule has 0 spiro atoms. The molecule has 1 aliphatic heterocycles. The van der Waals surface area contributed by atoms with E-state index in [9.17, 15) is 0 Å². The molecule has 21 heavy (non-hydrogen) atoms. The highest BCUT2D eigenvalue weighted by Crippen LogP contribution is 2.34. The molecule has 1 aliphatic rings. The summed E-state index contributed by atoms with van der Waals surface area (Å²) in [5.41, 5.74) is 3.73. The standard InChI is InChI=1S/C17H22N2OS/c1-3-18-15(10-16-19-12(2)11-21-16)14-8-4-6-13-7-5-9-20-17(13)14/h4,6,8,11,15,18H,3,5,7,9-10H2,1-2H3. The molecule has 0 saturated heterocycles. The third-order valence-corrected chi connectivity index (χ3v) is 4.82. The van der Waals surface area contributed by atoms with Gasteiger partial charge in [0.15, 0.2) is 0 Å². The molecule has 0 bridgehead atoms. The molecule has 112 valence electrons. The Hall–Kier alpha value is -1.39. The maximum Gasteiger partial charge on any atom is 0.127 e. The van der Waals surface area contributed by atoms with Crippen LogP contribution in [-0.4, -0.2) is 18.1 Å². The first-order valence-corrected chi connectivity index (χ1v) is 8.55. The van der Waals surface area contributed by atoms with Crippen LogP contribution in [-0.2, 0) is 12.8 Å². The van der Waals surface area contributed by atoms with E-state index in [0.29, 0.717) is 0 Å². The summed E-state index contributed by atoms with van der Waals surface area (Å²) in [6, 6.07) is 6.81. The lowest BCUT2D eigenvalue weighted by molar-refractivity contribution is 0.281. The second-order valence-electron chi connectivity index (χ2n) is 5.48. The molecule has 1 atom stereocenters. The van der Waals surface area contributed by atoms with Gasteiger partial charge in [0, 0.05) is 29.1 Å². The Labute approximate surface area is 130 Å². The molecule has 2 heterocycles. The Balaban J connectivity index is 1.90. The van der Waals surface area contributed by atoms with Crippen LogP contribution in [0, 0.1) is 6.92 Å². The lowest BCUT2D eigenvalue weighted by Crippen LogP contribution is -2.24. The van der Waals surface area contributed by atoms with Crippen LogP contribution >= 0.6 is 11.3 Å². The molecule has 2 aromatic rings. The van der Waals surface area contributed by atoms with Gasteiger partial charge in [0.2, 0.25) is 0 Å². The zero-order valence-electron chi connectivity index (χ0n) is 12.7. The average molecular weight is 302 g/mol. The van der Waals surface area contributed by atoms with Gasteiger partial charge in [-0.2, -0.15) is 0 Å². The lowest BCUT2D eigenvalue weighted by atomic mass is 9.96. The van der Waals surface area contributed by atoms with Crippen molar-refractivity contribution in [3.63, 3.8) is 0 Å². The highest BCUT2D eigenvalue weighted by atomic mass is 32.1. The number of likely N-dealkylation sites (N-methyl/N-ethyl adjacent to an activating group) is 1. The number of fused-ring (bicyclic) bond motifs is 1. The summed E-state index contributed by atoms with van der Waals surface area (Å²) < 4.78 is 5.97. The largest absolute Gasteiger partial charge is 0.493 e. The van der Waals surface area contributed by atoms with Crippen LogP contribution in [0.2, 0.25) is 0 Å². The number of nitrogens with zero attached hydrogens (tertiary/aromatic N) is 1. The van der Waals surface area contributed by atoms with Gasteiger partial charge in [-0.15, -0.1) is 11.3 Å². The van der Waals surface area contributed by atoms with E-state index in [1.165, 1.54) is 16.1 Å². The fourth-order valence-corrected chi connectivity index (χ4v) is 3.72. The van der Waals surface area contributed by atoms with Gasteiger partial charge in [-0.25, -0.2) is 4.98 Å². The maximum absolute atomic E-state index is 5.97. The quantitative estimate of drug-likeness (QED) is 0.915. The number of aryl methyl sites for hydroxylation is 2. The van der Waals surface area contributed by atoms with E-state index in [2.05, 4.69) is 47.7 Å². The van der Waals surface area contributed by atoms with Crippen LogP contribution in [0.1, 0.15) is 41.2 Å². The third-order valence-electron chi connectivity index (χ3n) is 3.84. The number of benzene rings is 1. The van der Waals surface area contributed by atoms with Crippen LogP contribution in [0.25, 0.3) is 0 Å². The van der Waals surface area contributed by atoms with Crippen molar-refractivity contribution in [1.29, 1.82) is 0 Å². The van der Waals surface area contributed by atoms with E-state index in [1.54, 1.807) is 11.3 Å². The molecule has 0 saturated carbocycles. The smallest absolute Gasteiger partial charge is 0.127 e. The molecule has 3 nitrogen and oxygen atoms in total. The van der Waals surface area contributed by atoms with Gasteiger partial charge in [0.25, 0.3) is 0 Å². The van der Waals surface area contributed by atoms with Crippen LogP contribution in [0.3, 0.4) is 0 Å². The zero-order chi connectivity index (χ0) is 14.7. The summed E-state index contributed by atoms with van der Waals surface area (Å²) in [4.78, 5) is 4.61. The second-order valence-corrected chi connectivity index (χ2v) is 6.43. The summed E-state index contributed by atoms with van der Waals surface area (Å²) in [5.74, 6) is 1.10. The molecule has 1 aromatic heterocycles. The second kappa shape index (κ2) is 6.58. The fraction of sp³-hybridized carbons (Fsp3) is 0.471. The van der Waals surface area contributed by atoms with E-state index in [4.69, 9.17) is 4.74 Å². The molecule has 0 fully saturated rings. The maximum atomic E-state index is 5.97. The molecule has 0 aliphatic carbocycles. The van der Waals surface area contributed by atoms with E-state index < -0.39 is 0 Å². The summed E-state index contributed by atoms with van der Waals surface area (Å²) in [6.07, 6.45) is 3.17. The van der Waals surface area contributed by atoms with Crippen molar-refractivity contribution in [2.45, 2.75) is 39.2 Å². The van der Waals surface area contributed by atoms with Crippen molar-refractivity contribution in [3.05, 3.63) is 45.4 Å². The highest BCUT2D eigenvalue weighted by molar-refractivity contribution is 7.09. The number of rotatable bonds is 5. The first-order valence-electron chi connectivity index (χ1n) is 7.67. The number of hydrogen-bond donors (Lipinski definition) is 1. The van der Waals surface area contributed by atoms with Crippen molar-refractivity contribution >= 4 is 11.3 Å². The Bertz CT molecular complexity index is 609. The predicted molar refractivity (Wildman–Crippen MR) is 87.2 cm³/mol. The van der Waals surface area contributed by atoms with Crippen molar-refractivity contribution in [2.75, 3.05) is 13.2 Å². The van der Waals surface area contributed by atoms with E-state index in [1.807, 2.05) is 0 Å². The first kappa shape index (κ1) is 14.5. The van der Waals surface area contributed by atoms with Crippen LogP contribution in [0.5, 0.6) is 5.75 Å². The predicted octanol–water partition coefficient (Wildman–Crippen LogP) is 3.67. The molecular formula is C17H22N2OS. The van der Waals surface area contributed by atoms with E-state index in [0.717, 1.165) is 43.9 Å². The monoisotopic (exact) mass is 302 g/mol. The Kier molecular flexibility index (Phi) is 4.56. The van der Waals surface area contributed by atoms with Gasteiger partial charge in [0.1, 0.15) is 5.75 Å². The number of ether oxygens (including phenoxy) is 1. The third kappa shape index (κ3) is 3.27. The number of para-hydroxylation sites is 1. The number of hydrogen-bond acceptors (Lipinski definition) is 4. The lowest BCUT2D eigenvalue weighted by Gasteiger charge is -2.25. The molecule has 0 amide bonds. The van der Waals surface area contributed by atoms with Crippen molar-refractivity contribution in [2.24, 2.45) is 0 Å². The van der Waals surface area contributed by atoms with Gasteiger partial charge in [-0.1, -0.05) is 25.1 Å². The van der Waals surface area contributed by atoms with Gasteiger partial charge < -0.3 is 10.1 Å². The molecular weight excluding hydrogens is 280 g/mol. The van der Waals surface area contributed by atoms with Crippen LogP contribution in [0.4, 0.5) is 0 Å². The van der Waals surface area contributed by atoms with Crippen molar-refractivity contribution < 1.29 is 4.74 Å². The SMILES string of the molecule is CCNC(Cc1nc(C)cs1)c1cccc2c1OCCC2. The van der Waals surface area contributed by atoms with Crippen LogP contribution < -0.4 is 10.1 Å². The minimum Gasteiger partial charge on any atom is -0.493 e. The Morgan fingerprint density at radius 3 is 3.10 bits per heavy atom. The highest BCUT2D eigenvalue weighted by Gasteiger charge is 2.21. The van der Waals surface area contributed by atoms with Gasteiger partial charge in [-0.05, 0) is 31.9 Å². The molecule has 1 aromatic carbocycles. The van der Waals surface area contributed by atoms with Gasteiger partial charge in [0.05, 0.1) is 11.6 Å². The van der Waals surface area contributed by atoms with E-state index >= 15 is 0 Å². The van der Waals surface area contributed by atoms with Gasteiger partial charge >= 0.3 is 0 Å². The first-order chi connectivity index (χ1) is 10.3. The normalized spacial score (nSPS) is 15.3. The van der Waals surface area contributed by atoms with Gasteiger partial charge in [-0.3, -0.25) is 0 Å². The number of aromatic nitrogens is 1. The molecule has 1 N–H and O–H groups in total. The Morgan fingerprint density at radius 2 is 2.33 bits per heavy atom. The zero-order valence-corrected chi connectivity index (χ0v) is 13.5. The number of thiazole rings is 1. The Morgan fingerprint density at radius 1 is 1.43 bits per heavy atom. The molecule has 4 heteroatoms. The van der Waals surface area contributed by atoms with Crippen LogP contribution in [0.15, 0.2) is 23.6 Å². The summed E-state index contributed by atoms with van der Waals surface area (Å²) in [7, 11) is 0. The number of nitrogens with one attached hydrogen (secondary N) is 1. The van der Waals surface area contributed by atoms with Crippen molar-refractivity contribution in [1.82, 2.24) is 10.3 Å². The molecule has 0 radical (unpaired) electrons. The fourth-order valence-electron chi connectivity index (χ4n) is 2.90. The summed E-state index contributed by atoms with van der Waals surface area (Å²) >= 11 is 1.74. The van der Waals surface area contributed by atoms with Crippen molar-refractivity contribution in [3.8, 4) is 5.75 Å². The minimum atomic E-state index is 0.272. The topological polar surface area (TPSA) is 34.2 Å². The molecule has 3 rings (SSSR count). The summed E-state index contributed by atoms with van der Waals surface area (Å²) in [6.45, 7) is 5.98.